The number of amides is 2. The number of nitro groups is 2. The fourth-order valence-electron chi connectivity index (χ4n) is 5.24. The second-order valence-corrected chi connectivity index (χ2v) is 16.2. The largest absolute Gasteiger partial charge is 0.490 e. The number of ether oxygens (including phenoxy) is 4. The number of anilines is 4. The van der Waals surface area contributed by atoms with E-state index in [0.29, 0.717) is 37.6 Å². The highest BCUT2D eigenvalue weighted by molar-refractivity contribution is 7.98. The summed E-state index contributed by atoms with van der Waals surface area (Å²) in [6, 6.07) is 14.5. The first-order valence-corrected chi connectivity index (χ1v) is 25.2. The van der Waals surface area contributed by atoms with E-state index in [2.05, 4.69) is 50.9 Å². The summed E-state index contributed by atoms with van der Waals surface area (Å²) in [7, 11) is 14.1. The number of thioether (sulfide) groups is 1. The quantitative estimate of drug-likeness (QED) is 0.0128. The normalized spacial score (nSPS) is 9.73. The van der Waals surface area contributed by atoms with Crippen LogP contribution in [0, 0.1) is 44.4 Å². The Hall–Kier alpha value is -6.86. The lowest BCUT2D eigenvalue weighted by Crippen LogP contribution is -2.35. The molecule has 0 aliphatic heterocycles. The molecule has 0 saturated heterocycles. The van der Waals surface area contributed by atoms with Crippen LogP contribution in [0.3, 0.4) is 0 Å². The number of carbonyl (C=O) groups excluding carboxylic acids is 2. The maximum atomic E-state index is 12.6. The summed E-state index contributed by atoms with van der Waals surface area (Å²) in [5.41, 5.74) is 12.0. The summed E-state index contributed by atoms with van der Waals surface area (Å²) in [4.78, 5) is 64.8. The lowest BCUT2D eigenvalue weighted by Gasteiger charge is -2.21. The van der Waals surface area contributed by atoms with E-state index in [1.54, 1.807) is 63.4 Å². The minimum Gasteiger partial charge on any atom is -0.490 e. The van der Waals surface area contributed by atoms with Crippen molar-refractivity contribution in [3.8, 4) is 35.7 Å². The maximum Gasteiger partial charge on any atom is 0.415 e. The average molecular weight is 1100 g/mol. The smallest absolute Gasteiger partial charge is 0.415 e. The summed E-state index contributed by atoms with van der Waals surface area (Å²) >= 11 is 10.7. The summed E-state index contributed by atoms with van der Waals surface area (Å²) in [5, 5.41) is 23.4. The summed E-state index contributed by atoms with van der Waals surface area (Å²) < 4.78 is 33.0. The van der Waals surface area contributed by atoms with Crippen LogP contribution in [-0.2, 0) is 33.1 Å². The van der Waals surface area contributed by atoms with Crippen LogP contribution in [0.4, 0.5) is 44.2 Å². The number of alkyl halides is 2. The Bertz CT molecular complexity index is 2600. The minimum atomic E-state index is -1.68. The van der Waals surface area contributed by atoms with Crippen molar-refractivity contribution in [1.82, 2.24) is 19.9 Å². The molecule has 7 radical (unpaired) electrons. The van der Waals surface area contributed by atoms with Crippen LogP contribution in [0.15, 0.2) is 84.2 Å². The Morgan fingerprint density at radius 1 is 0.880 bits per heavy atom. The molecule has 2 aromatic heterocycles. The van der Waals surface area contributed by atoms with Gasteiger partial charge in [0, 0.05) is 56.0 Å². The van der Waals surface area contributed by atoms with Crippen molar-refractivity contribution in [3.05, 3.63) is 105 Å². The van der Waals surface area contributed by atoms with Crippen LogP contribution in [0.2, 0.25) is 0 Å². The highest BCUT2D eigenvalue weighted by Gasteiger charge is 2.33. The first-order chi connectivity index (χ1) is 35.3. The first-order valence-electron chi connectivity index (χ1n) is 21.4. The second kappa shape index (κ2) is 40.5. The number of terminal acetylenes is 1. The van der Waals surface area contributed by atoms with Gasteiger partial charge >= 0.3 is 23.6 Å². The van der Waals surface area contributed by atoms with Crippen molar-refractivity contribution in [3.63, 3.8) is 0 Å². The van der Waals surface area contributed by atoms with Crippen LogP contribution in [0.5, 0.6) is 11.5 Å². The van der Waals surface area contributed by atoms with Gasteiger partial charge in [0.25, 0.3) is 0 Å². The predicted molar refractivity (Wildman–Crippen MR) is 305 cm³/mol. The molecule has 2 aromatic carbocycles. The molecule has 4 aromatic rings. The van der Waals surface area contributed by atoms with E-state index in [-0.39, 0.29) is 66.8 Å². The van der Waals surface area contributed by atoms with Crippen LogP contribution >= 0.6 is 35.0 Å². The monoisotopic (exact) mass is 1100 g/mol. The lowest BCUT2D eigenvalue weighted by molar-refractivity contribution is -0.383. The molecule has 0 aliphatic rings. The summed E-state index contributed by atoms with van der Waals surface area (Å²) in [6.07, 6.45) is 9.57. The standard InChI is InChI=1S/C19H23N5O6S.C19H23N5O5S.C5H4.CH2Cl2.CH4.B5/c1-4-11-30-14-8-6-7-13(12-14)9-10-23(19(25)29-5-2)17-15(24(26)27)16(20)21-18(22-17)31(3)28;1-4-11-29-14-8-6-7-13(12-14)9-10-23(19(25)28-5-2)17-15(24(26)27)16(20)21-18(22-17)30-3;1-3-5-4-2;2-1-3;;1-4-5(2)3/h4,6-8,12H,1,5,9-11H2,2-3H3,(H2,20,21,22);4,6-8,12H,1,5,9-11H2,2-3H3,(H2,20,21,22);1H,2H3;1H2;1H4;. The van der Waals surface area contributed by atoms with Crippen LogP contribution in [0.25, 0.3) is 0 Å². The van der Waals surface area contributed by atoms with Gasteiger partial charge in [-0.1, -0.05) is 74.7 Å². The van der Waals surface area contributed by atoms with E-state index < -0.39 is 56.4 Å². The van der Waals surface area contributed by atoms with Gasteiger partial charge in [-0.15, -0.1) is 29.6 Å². The molecule has 21 nitrogen and oxygen atoms in total. The van der Waals surface area contributed by atoms with Gasteiger partial charge in [0.05, 0.1) is 39.2 Å². The fourth-order valence-corrected chi connectivity index (χ4v) is 6.05. The third kappa shape index (κ3) is 26.8. The molecule has 2 heterocycles. The Morgan fingerprint density at radius 3 is 1.61 bits per heavy atom. The zero-order chi connectivity index (χ0) is 56.2. The Morgan fingerprint density at radius 2 is 1.29 bits per heavy atom. The zero-order valence-electron chi connectivity index (χ0n) is 41.3. The molecule has 0 aliphatic carbocycles. The molecule has 393 valence electrons. The van der Waals surface area contributed by atoms with E-state index in [1.165, 1.54) is 13.3 Å². The van der Waals surface area contributed by atoms with E-state index >= 15 is 0 Å². The molecule has 1 atom stereocenters. The molecule has 0 fully saturated rings. The van der Waals surface area contributed by atoms with Crippen molar-refractivity contribution >= 4 is 129 Å². The molecule has 75 heavy (non-hydrogen) atoms. The highest BCUT2D eigenvalue weighted by Crippen LogP contribution is 2.34. The van der Waals surface area contributed by atoms with Crippen molar-refractivity contribution in [2.75, 3.05) is 78.6 Å². The molecule has 0 saturated carbocycles. The molecule has 2 amide bonds. The fraction of sp³-hybridized carbons (Fsp3) is 0.333. The third-order valence-electron chi connectivity index (χ3n) is 8.24. The molecule has 0 bridgehead atoms. The lowest BCUT2D eigenvalue weighted by atomic mass is 8.97. The molecule has 1 unspecified atom stereocenters. The number of aromatic nitrogens is 4. The minimum absolute atomic E-state index is 0. The van der Waals surface area contributed by atoms with Gasteiger partial charge in [-0.25, -0.2) is 9.59 Å². The van der Waals surface area contributed by atoms with Crippen molar-refractivity contribution in [2.24, 2.45) is 0 Å². The molecule has 4 rings (SSSR count). The van der Waals surface area contributed by atoms with E-state index in [9.17, 15) is 34.0 Å². The number of nitrogens with zero attached hydrogens (tertiary/aromatic N) is 8. The van der Waals surface area contributed by atoms with Gasteiger partial charge in [-0.05, 0) is 87.1 Å². The van der Waals surface area contributed by atoms with Crippen LogP contribution in [-0.4, -0.2) is 140 Å². The Balaban J connectivity index is 0. The molecular weight excluding hydrogens is 1050 g/mol. The topological polar surface area (TPSA) is 284 Å². The van der Waals surface area contributed by atoms with Gasteiger partial charge in [-0.3, -0.25) is 34.2 Å². The van der Waals surface area contributed by atoms with E-state index in [1.807, 2.05) is 24.3 Å². The summed E-state index contributed by atoms with van der Waals surface area (Å²) in [5.74, 6) is 6.96. The predicted octanol–water partition coefficient (Wildman–Crippen LogP) is 6.73. The zero-order valence-corrected chi connectivity index (χ0v) is 44.5. The van der Waals surface area contributed by atoms with Crippen molar-refractivity contribution < 1.29 is 42.6 Å². The first kappa shape index (κ1) is 70.2. The third-order valence-corrected chi connectivity index (χ3v) is 9.48. The number of hydrogen-bond donors (Lipinski definition) is 2. The van der Waals surface area contributed by atoms with Gasteiger partial charge in [-0.2, -0.15) is 19.9 Å². The van der Waals surface area contributed by atoms with Crippen LogP contribution < -0.4 is 30.7 Å². The number of hydrogen-bond acceptors (Lipinski definition) is 18. The number of halogens is 2. The van der Waals surface area contributed by atoms with Gasteiger partial charge < -0.3 is 30.4 Å². The summed E-state index contributed by atoms with van der Waals surface area (Å²) in [6.45, 7) is 13.1. The molecular formula is C45H56B5Cl2N10O11S2. The van der Waals surface area contributed by atoms with Crippen molar-refractivity contribution in [2.45, 2.75) is 51.4 Å². The SMILES string of the molecule is C.C#CC#CC.C=CCOc1cccc(CCN(C(=O)OCC)c2nc(S(C)=O)nc(N)c2[N+](=O)[O-])c1.C=CCOc1cccc(CCN(C(=O)OCC)c2nc(SC)nc(N)c2[N+](=O)[O-])c1.ClCCl.[B][B]B([B])[B]. The van der Waals surface area contributed by atoms with Gasteiger partial charge in [0.1, 0.15) is 24.7 Å². The number of benzene rings is 2. The van der Waals surface area contributed by atoms with E-state index in [4.69, 9.17) is 83.3 Å². The highest BCUT2D eigenvalue weighted by atomic mass is 35.5. The van der Waals surface area contributed by atoms with E-state index in [0.717, 1.165) is 32.7 Å². The second-order valence-electron chi connectivity index (χ2n) is 13.4. The number of nitrogen functional groups attached to an aromatic ring is 2. The molecule has 0 spiro atoms. The van der Waals surface area contributed by atoms with Gasteiger partial charge in [0.2, 0.25) is 28.4 Å². The van der Waals surface area contributed by atoms with Crippen LogP contribution in [0.1, 0.15) is 39.3 Å². The number of carbonyl (C=O) groups is 2. The molecule has 30 heteroatoms. The Labute approximate surface area is 460 Å². The average Bonchev–Trinajstić information content (AvgIpc) is 3.36. The molecule has 4 N–H and O–H groups in total. The van der Waals surface area contributed by atoms with Gasteiger partial charge in [0.15, 0.2) is 5.16 Å². The van der Waals surface area contributed by atoms with Crippen molar-refractivity contribution in [1.29, 1.82) is 0 Å². The Kier molecular flexibility index (Phi) is 37.9. The maximum absolute atomic E-state index is 12.6. The number of nitrogens with two attached hydrogens (primary N) is 2. The number of rotatable bonds is 21.